The van der Waals surface area contributed by atoms with E-state index >= 15 is 0 Å². The van der Waals surface area contributed by atoms with Crippen molar-refractivity contribution in [3.05, 3.63) is 29.3 Å². The van der Waals surface area contributed by atoms with Gasteiger partial charge in [0, 0.05) is 30.8 Å². The summed E-state index contributed by atoms with van der Waals surface area (Å²) in [4.78, 5) is 14.4. The molecule has 0 saturated carbocycles. The van der Waals surface area contributed by atoms with Crippen LogP contribution in [0.2, 0.25) is 0 Å². The lowest BCUT2D eigenvalue weighted by molar-refractivity contribution is 0.0972. The molecular formula is C18H27NO. The standard InChI is InChI=1S/C18H27NO/c1-3-5-12-19(13-6-4-2)16-10-11-17-15(14-16)8-7-9-18(17)20/h10-11,14H,3-9,12-13H2,1-2H3. The first-order valence-corrected chi connectivity index (χ1v) is 8.17. The molecule has 2 rings (SSSR count). The Morgan fingerprint density at radius 1 is 1.05 bits per heavy atom. The summed E-state index contributed by atoms with van der Waals surface area (Å²) in [5.74, 6) is 0.325. The van der Waals surface area contributed by atoms with Crippen LogP contribution in [0.5, 0.6) is 0 Å². The van der Waals surface area contributed by atoms with E-state index in [4.69, 9.17) is 0 Å². The Morgan fingerprint density at radius 3 is 2.40 bits per heavy atom. The van der Waals surface area contributed by atoms with Crippen molar-refractivity contribution < 1.29 is 4.79 Å². The molecule has 0 radical (unpaired) electrons. The van der Waals surface area contributed by atoms with E-state index in [-0.39, 0.29) is 0 Å². The van der Waals surface area contributed by atoms with Crippen molar-refractivity contribution in [1.29, 1.82) is 0 Å². The highest BCUT2D eigenvalue weighted by molar-refractivity contribution is 5.98. The van der Waals surface area contributed by atoms with Gasteiger partial charge in [0.1, 0.15) is 0 Å². The van der Waals surface area contributed by atoms with Crippen molar-refractivity contribution >= 4 is 11.5 Å². The third-order valence-electron chi connectivity index (χ3n) is 4.17. The number of Topliss-reactive ketones (excluding diaryl/α,β-unsaturated/α-hetero) is 1. The van der Waals surface area contributed by atoms with E-state index in [0.717, 1.165) is 37.9 Å². The van der Waals surface area contributed by atoms with E-state index in [1.165, 1.54) is 36.9 Å². The molecule has 1 aromatic carbocycles. The average Bonchev–Trinajstić information content (AvgIpc) is 2.47. The van der Waals surface area contributed by atoms with Crippen LogP contribution in [0.1, 0.15) is 68.3 Å². The minimum absolute atomic E-state index is 0.325. The predicted octanol–water partition coefficient (Wildman–Crippen LogP) is 4.61. The molecule has 0 fully saturated rings. The van der Waals surface area contributed by atoms with Crippen molar-refractivity contribution in [2.75, 3.05) is 18.0 Å². The zero-order valence-corrected chi connectivity index (χ0v) is 13.0. The second-order valence-electron chi connectivity index (χ2n) is 5.81. The Labute approximate surface area is 123 Å². The lowest BCUT2D eigenvalue weighted by Gasteiger charge is -2.26. The number of anilines is 1. The largest absolute Gasteiger partial charge is 0.372 e. The van der Waals surface area contributed by atoms with Gasteiger partial charge in [-0.2, -0.15) is 0 Å². The average molecular weight is 273 g/mol. The second-order valence-corrected chi connectivity index (χ2v) is 5.81. The first-order valence-electron chi connectivity index (χ1n) is 8.17. The van der Waals surface area contributed by atoms with E-state index in [1.807, 2.05) is 0 Å². The molecular weight excluding hydrogens is 246 g/mol. The van der Waals surface area contributed by atoms with Crippen LogP contribution in [0.25, 0.3) is 0 Å². The van der Waals surface area contributed by atoms with Crippen LogP contribution in [0, 0.1) is 0 Å². The fourth-order valence-electron chi connectivity index (χ4n) is 2.90. The summed E-state index contributed by atoms with van der Waals surface area (Å²) in [7, 11) is 0. The molecule has 20 heavy (non-hydrogen) atoms. The zero-order valence-electron chi connectivity index (χ0n) is 13.0. The summed E-state index contributed by atoms with van der Waals surface area (Å²) in [6.45, 7) is 6.74. The van der Waals surface area contributed by atoms with Gasteiger partial charge < -0.3 is 4.90 Å². The molecule has 0 bridgehead atoms. The van der Waals surface area contributed by atoms with Crippen LogP contribution < -0.4 is 4.90 Å². The number of hydrogen-bond donors (Lipinski definition) is 0. The maximum Gasteiger partial charge on any atom is 0.163 e. The smallest absolute Gasteiger partial charge is 0.163 e. The summed E-state index contributed by atoms with van der Waals surface area (Å²) in [5, 5.41) is 0. The van der Waals surface area contributed by atoms with Gasteiger partial charge in [-0.05, 0) is 49.4 Å². The van der Waals surface area contributed by atoms with Gasteiger partial charge in [0.15, 0.2) is 5.78 Å². The molecule has 1 aliphatic rings. The molecule has 0 amide bonds. The predicted molar refractivity (Wildman–Crippen MR) is 85.7 cm³/mol. The van der Waals surface area contributed by atoms with Gasteiger partial charge in [0.2, 0.25) is 0 Å². The molecule has 0 aliphatic heterocycles. The van der Waals surface area contributed by atoms with Gasteiger partial charge in [-0.1, -0.05) is 26.7 Å². The molecule has 0 heterocycles. The molecule has 1 aromatic rings. The summed E-state index contributed by atoms with van der Waals surface area (Å²) in [6.07, 6.45) is 7.73. The first-order chi connectivity index (χ1) is 9.76. The molecule has 0 aromatic heterocycles. The molecule has 0 unspecified atom stereocenters. The summed E-state index contributed by atoms with van der Waals surface area (Å²) >= 11 is 0. The number of nitrogens with zero attached hydrogens (tertiary/aromatic N) is 1. The highest BCUT2D eigenvalue weighted by Crippen LogP contribution is 2.26. The number of carbonyl (C=O) groups is 1. The van der Waals surface area contributed by atoms with Crippen LogP contribution in [0.4, 0.5) is 5.69 Å². The number of fused-ring (bicyclic) bond motifs is 1. The molecule has 2 heteroatoms. The van der Waals surface area contributed by atoms with Gasteiger partial charge in [-0.3, -0.25) is 4.79 Å². The van der Waals surface area contributed by atoms with Crippen LogP contribution in [0.15, 0.2) is 18.2 Å². The second kappa shape index (κ2) is 7.47. The van der Waals surface area contributed by atoms with E-state index in [1.54, 1.807) is 0 Å². The lowest BCUT2D eigenvalue weighted by Crippen LogP contribution is -2.26. The number of ketones is 1. The Kier molecular flexibility index (Phi) is 5.63. The van der Waals surface area contributed by atoms with Gasteiger partial charge in [-0.25, -0.2) is 0 Å². The van der Waals surface area contributed by atoms with Crippen molar-refractivity contribution in [3.8, 4) is 0 Å². The van der Waals surface area contributed by atoms with Gasteiger partial charge in [-0.15, -0.1) is 0 Å². The number of benzene rings is 1. The van der Waals surface area contributed by atoms with Crippen LogP contribution in [-0.4, -0.2) is 18.9 Å². The Hall–Kier alpha value is -1.31. The molecule has 0 atom stereocenters. The number of rotatable bonds is 7. The van der Waals surface area contributed by atoms with Crippen LogP contribution in [0.3, 0.4) is 0 Å². The SMILES string of the molecule is CCCCN(CCCC)c1ccc2c(c1)CCCC2=O. The summed E-state index contributed by atoms with van der Waals surface area (Å²) in [5.41, 5.74) is 3.53. The third-order valence-corrected chi connectivity index (χ3v) is 4.17. The van der Waals surface area contributed by atoms with Crippen molar-refractivity contribution in [2.24, 2.45) is 0 Å². The Balaban J connectivity index is 2.17. The van der Waals surface area contributed by atoms with Crippen molar-refractivity contribution in [3.63, 3.8) is 0 Å². The minimum atomic E-state index is 0.325. The zero-order chi connectivity index (χ0) is 14.4. The fraction of sp³-hybridized carbons (Fsp3) is 0.611. The topological polar surface area (TPSA) is 20.3 Å². The summed E-state index contributed by atoms with van der Waals surface area (Å²) < 4.78 is 0. The van der Waals surface area contributed by atoms with Gasteiger partial charge in [0.25, 0.3) is 0 Å². The van der Waals surface area contributed by atoms with Crippen LogP contribution in [-0.2, 0) is 6.42 Å². The molecule has 1 aliphatic carbocycles. The first kappa shape index (κ1) is 15.1. The maximum absolute atomic E-state index is 11.9. The van der Waals surface area contributed by atoms with Gasteiger partial charge in [0.05, 0.1) is 0 Å². The lowest BCUT2D eigenvalue weighted by atomic mass is 9.90. The molecule has 0 spiro atoms. The molecule has 0 N–H and O–H groups in total. The number of aryl methyl sites for hydroxylation is 1. The van der Waals surface area contributed by atoms with E-state index < -0.39 is 0 Å². The molecule has 110 valence electrons. The quantitative estimate of drug-likeness (QED) is 0.723. The van der Waals surface area contributed by atoms with E-state index in [2.05, 4.69) is 36.9 Å². The maximum atomic E-state index is 11.9. The highest BCUT2D eigenvalue weighted by atomic mass is 16.1. The Morgan fingerprint density at radius 2 is 1.75 bits per heavy atom. The Bertz CT molecular complexity index is 445. The molecule has 0 saturated heterocycles. The highest BCUT2D eigenvalue weighted by Gasteiger charge is 2.18. The van der Waals surface area contributed by atoms with Gasteiger partial charge >= 0.3 is 0 Å². The molecule has 2 nitrogen and oxygen atoms in total. The normalized spacial score (nSPS) is 14.2. The van der Waals surface area contributed by atoms with E-state index in [9.17, 15) is 4.79 Å². The fourth-order valence-corrected chi connectivity index (χ4v) is 2.90. The van der Waals surface area contributed by atoms with Crippen LogP contribution >= 0.6 is 0 Å². The number of unbranched alkanes of at least 4 members (excludes halogenated alkanes) is 2. The minimum Gasteiger partial charge on any atom is -0.372 e. The van der Waals surface area contributed by atoms with Crippen molar-refractivity contribution in [1.82, 2.24) is 0 Å². The third kappa shape index (κ3) is 3.62. The van der Waals surface area contributed by atoms with Crippen molar-refractivity contribution in [2.45, 2.75) is 58.8 Å². The number of carbonyl (C=O) groups excluding carboxylic acids is 1. The number of hydrogen-bond acceptors (Lipinski definition) is 2. The monoisotopic (exact) mass is 273 g/mol. The summed E-state index contributed by atoms with van der Waals surface area (Å²) in [6, 6.07) is 6.46. The van der Waals surface area contributed by atoms with E-state index in [0.29, 0.717) is 5.78 Å².